The molecule has 0 saturated heterocycles. The minimum absolute atomic E-state index is 0.593. The van der Waals surface area contributed by atoms with Gasteiger partial charge in [0.05, 0.1) is 27.9 Å². The first kappa shape index (κ1) is 27.5. The Morgan fingerprint density at radius 1 is 0.460 bits per heavy atom. The van der Waals surface area contributed by atoms with Gasteiger partial charge < -0.3 is 0 Å². The zero-order chi connectivity index (χ0) is 32.8. The van der Waals surface area contributed by atoms with Crippen LogP contribution in [-0.2, 0) is 0 Å². The van der Waals surface area contributed by atoms with Crippen molar-refractivity contribution in [2.24, 2.45) is 0 Å². The lowest BCUT2D eigenvalue weighted by molar-refractivity contribution is 0.998. The van der Waals surface area contributed by atoms with E-state index in [9.17, 15) is 0 Å². The van der Waals surface area contributed by atoms with Gasteiger partial charge in [0.2, 0.25) is 5.95 Å². The summed E-state index contributed by atoms with van der Waals surface area (Å²) in [6.07, 6.45) is 1.84. The molecular weight excluding hydrogens is 631 g/mol. The Morgan fingerprint density at radius 3 is 2.06 bits per heavy atom. The lowest BCUT2D eigenvalue weighted by Gasteiger charge is -2.12. The number of hydrogen-bond donors (Lipinski definition) is 0. The summed E-state index contributed by atoms with van der Waals surface area (Å²) in [5, 5.41) is 9.25. The largest absolute Gasteiger partial charge is 0.262 e. The number of pyridine rings is 2. The average molecular weight is 656 g/mol. The molecule has 5 heterocycles. The van der Waals surface area contributed by atoms with Crippen molar-refractivity contribution in [3.8, 4) is 28.5 Å². The third-order valence-corrected chi connectivity index (χ3v) is 11.1. The van der Waals surface area contributed by atoms with E-state index in [1.54, 1.807) is 0 Å². The van der Waals surface area contributed by atoms with Crippen molar-refractivity contribution in [1.82, 2.24) is 24.5 Å². The van der Waals surface area contributed by atoms with Gasteiger partial charge in [0.25, 0.3) is 0 Å². The molecule has 50 heavy (non-hydrogen) atoms. The van der Waals surface area contributed by atoms with Gasteiger partial charge in [-0.15, -0.1) is 11.3 Å². The van der Waals surface area contributed by atoms with Gasteiger partial charge in [0, 0.05) is 64.4 Å². The summed E-state index contributed by atoms with van der Waals surface area (Å²) in [6.45, 7) is 0. The van der Waals surface area contributed by atoms with Crippen LogP contribution in [0.5, 0.6) is 0 Å². The molecule has 5 nitrogen and oxygen atoms in total. The van der Waals surface area contributed by atoms with Crippen LogP contribution in [0.1, 0.15) is 0 Å². The van der Waals surface area contributed by atoms with Gasteiger partial charge in [-0.1, -0.05) is 103 Å². The van der Waals surface area contributed by atoms with Crippen LogP contribution in [0.2, 0.25) is 0 Å². The minimum atomic E-state index is 0.593. The van der Waals surface area contributed by atoms with Gasteiger partial charge in [0.15, 0.2) is 0 Å². The fourth-order valence-corrected chi connectivity index (χ4v) is 8.86. The molecule has 6 aromatic carbocycles. The Hall–Kier alpha value is -6.50. The van der Waals surface area contributed by atoms with E-state index in [0.29, 0.717) is 5.95 Å². The number of rotatable bonds is 3. The number of aromatic nitrogens is 5. The van der Waals surface area contributed by atoms with Crippen LogP contribution in [0.25, 0.3) is 103 Å². The van der Waals surface area contributed by atoms with Crippen LogP contribution in [0.4, 0.5) is 0 Å². The van der Waals surface area contributed by atoms with E-state index in [-0.39, 0.29) is 0 Å². The monoisotopic (exact) mass is 655 g/mol. The van der Waals surface area contributed by atoms with Crippen LogP contribution in [0.3, 0.4) is 0 Å². The Kier molecular flexibility index (Phi) is 5.76. The summed E-state index contributed by atoms with van der Waals surface area (Å²) in [6, 6.07) is 51.0. The average Bonchev–Trinajstić information content (AvgIpc) is 3.73. The zero-order valence-electron chi connectivity index (χ0n) is 26.6. The highest BCUT2D eigenvalue weighted by Crippen LogP contribution is 2.44. The molecule has 11 rings (SSSR count). The van der Waals surface area contributed by atoms with Gasteiger partial charge in [-0.3, -0.25) is 4.57 Å². The molecule has 0 saturated carbocycles. The molecule has 0 amide bonds. The van der Waals surface area contributed by atoms with E-state index in [4.69, 9.17) is 19.9 Å². The van der Waals surface area contributed by atoms with E-state index in [1.807, 2.05) is 53.9 Å². The molecule has 0 radical (unpaired) electrons. The minimum Gasteiger partial charge on any atom is -0.262 e. The van der Waals surface area contributed by atoms with Crippen molar-refractivity contribution in [2.45, 2.75) is 0 Å². The molecule has 232 valence electrons. The maximum absolute atomic E-state index is 5.38. The van der Waals surface area contributed by atoms with E-state index in [2.05, 4.69) is 114 Å². The smallest absolute Gasteiger partial charge is 0.237 e. The lowest BCUT2D eigenvalue weighted by Crippen LogP contribution is -2.04. The zero-order valence-corrected chi connectivity index (χ0v) is 27.4. The highest BCUT2D eigenvalue weighted by Gasteiger charge is 2.21. The Morgan fingerprint density at radius 2 is 1.18 bits per heavy atom. The van der Waals surface area contributed by atoms with Crippen molar-refractivity contribution >= 4 is 86.0 Å². The van der Waals surface area contributed by atoms with E-state index >= 15 is 0 Å². The first-order valence-corrected chi connectivity index (χ1v) is 17.5. The first-order chi connectivity index (χ1) is 24.8. The second-order valence-corrected chi connectivity index (χ2v) is 13.7. The van der Waals surface area contributed by atoms with Crippen LogP contribution < -0.4 is 0 Å². The second kappa shape index (κ2) is 10.5. The summed E-state index contributed by atoms with van der Waals surface area (Å²) >= 11 is 1.85. The van der Waals surface area contributed by atoms with Crippen LogP contribution in [-0.4, -0.2) is 24.5 Å². The number of thiophene rings is 1. The molecule has 6 heteroatoms. The fourth-order valence-electron chi connectivity index (χ4n) is 7.61. The van der Waals surface area contributed by atoms with Gasteiger partial charge in [0.1, 0.15) is 5.65 Å². The molecular formula is C44H25N5S. The predicted molar refractivity (Wildman–Crippen MR) is 208 cm³/mol. The van der Waals surface area contributed by atoms with Crippen molar-refractivity contribution in [3.63, 3.8) is 0 Å². The molecule has 5 aromatic heterocycles. The Labute approximate surface area is 289 Å². The number of benzene rings is 6. The Balaban J connectivity index is 1.21. The van der Waals surface area contributed by atoms with Crippen molar-refractivity contribution in [1.29, 1.82) is 0 Å². The third-order valence-electron chi connectivity index (χ3n) is 9.85. The van der Waals surface area contributed by atoms with E-state index in [1.165, 1.54) is 30.9 Å². The standard InChI is InChI=1S/C44H25N5S/c1-2-11-26(12-3-1)40-33-15-5-8-18-36(33)47-44(48-40)49-37-23-20-27(25-34(37)32-16-10-24-45-43(32)49)41-39-30(28-13-4-7-17-35(28)46-41)21-22-31-29-14-6-9-19-38(29)50-42(31)39/h1-25H. The normalized spacial score (nSPS) is 12.0. The van der Waals surface area contributed by atoms with Gasteiger partial charge >= 0.3 is 0 Å². The number of para-hydroxylation sites is 2. The molecule has 11 aromatic rings. The summed E-state index contributed by atoms with van der Waals surface area (Å²) in [5.41, 5.74) is 7.67. The highest BCUT2D eigenvalue weighted by molar-refractivity contribution is 7.26. The molecule has 0 unspecified atom stereocenters. The SMILES string of the molecule is c1ccc(-c2nc(-n3c4ccc(-c5nc6ccccc6c6ccc7c8ccccc8sc7c56)cc4c4cccnc43)nc3ccccc23)cc1. The fraction of sp³-hybridized carbons (Fsp3) is 0. The van der Waals surface area contributed by atoms with Crippen LogP contribution >= 0.6 is 11.3 Å². The number of fused-ring (bicyclic) bond motifs is 11. The topological polar surface area (TPSA) is 56.5 Å². The maximum atomic E-state index is 5.38. The molecule has 0 spiro atoms. The Bertz CT molecular complexity index is 3160. The summed E-state index contributed by atoms with van der Waals surface area (Å²) in [5.74, 6) is 0.593. The second-order valence-electron chi connectivity index (χ2n) is 12.6. The van der Waals surface area contributed by atoms with Crippen LogP contribution in [0.15, 0.2) is 152 Å². The quantitative estimate of drug-likeness (QED) is 0.178. The van der Waals surface area contributed by atoms with E-state index < -0.39 is 0 Å². The molecule has 0 aliphatic rings. The van der Waals surface area contributed by atoms with Crippen molar-refractivity contribution in [3.05, 3.63) is 152 Å². The number of nitrogens with zero attached hydrogens (tertiary/aromatic N) is 5. The summed E-state index contributed by atoms with van der Waals surface area (Å²) in [4.78, 5) is 20.6. The van der Waals surface area contributed by atoms with Crippen molar-refractivity contribution in [2.75, 3.05) is 0 Å². The summed E-state index contributed by atoms with van der Waals surface area (Å²) < 4.78 is 4.65. The third kappa shape index (κ3) is 3.94. The molecule has 0 fully saturated rings. The highest BCUT2D eigenvalue weighted by atomic mass is 32.1. The molecule has 0 bridgehead atoms. The lowest BCUT2D eigenvalue weighted by atomic mass is 9.97. The van der Waals surface area contributed by atoms with E-state index in [0.717, 1.165) is 66.3 Å². The van der Waals surface area contributed by atoms with Gasteiger partial charge in [-0.05, 0) is 47.9 Å². The maximum Gasteiger partial charge on any atom is 0.237 e. The van der Waals surface area contributed by atoms with Gasteiger partial charge in [-0.25, -0.2) is 19.9 Å². The molecule has 0 aliphatic carbocycles. The number of hydrogen-bond acceptors (Lipinski definition) is 5. The molecule has 0 atom stereocenters. The van der Waals surface area contributed by atoms with Crippen LogP contribution in [0, 0.1) is 0 Å². The molecule has 0 N–H and O–H groups in total. The van der Waals surface area contributed by atoms with Gasteiger partial charge in [-0.2, -0.15) is 0 Å². The predicted octanol–water partition coefficient (Wildman–Crippen LogP) is 11.5. The first-order valence-electron chi connectivity index (χ1n) is 16.6. The van der Waals surface area contributed by atoms with Crippen molar-refractivity contribution < 1.29 is 0 Å². The molecule has 0 aliphatic heterocycles. The summed E-state index contributed by atoms with van der Waals surface area (Å²) in [7, 11) is 0.